The Hall–Kier alpha value is -1.78. The number of rotatable bonds is 5. The van der Waals surface area contributed by atoms with Crippen LogP contribution >= 0.6 is 11.3 Å². The minimum atomic E-state index is -0.453. The van der Waals surface area contributed by atoms with Crippen LogP contribution < -0.4 is 14.8 Å². The topological polar surface area (TPSA) is 57.5 Å². The Morgan fingerprint density at radius 2 is 2.11 bits per heavy atom. The quantitative estimate of drug-likeness (QED) is 0.572. The molecular formula is C13H17NO4S. The van der Waals surface area contributed by atoms with Crippen molar-refractivity contribution in [1.29, 1.82) is 0 Å². The van der Waals surface area contributed by atoms with Crippen LogP contribution in [0.1, 0.15) is 20.8 Å². The molecule has 0 saturated heterocycles. The summed E-state index contributed by atoms with van der Waals surface area (Å²) in [5, 5.41) is 0. The first kappa shape index (κ1) is 15.3. The van der Waals surface area contributed by atoms with E-state index in [1.807, 2.05) is 13.8 Å². The summed E-state index contributed by atoms with van der Waals surface area (Å²) in [4.78, 5) is 23.4. The molecule has 0 unspecified atom stereocenters. The molecule has 0 atom stereocenters. The molecule has 0 N–H and O–H groups in total. The van der Waals surface area contributed by atoms with Gasteiger partial charge in [-0.2, -0.15) is 0 Å². The van der Waals surface area contributed by atoms with Gasteiger partial charge in [0.25, 0.3) is 5.56 Å². The molecule has 1 rings (SSSR count). The van der Waals surface area contributed by atoms with Gasteiger partial charge in [-0.25, -0.2) is 4.79 Å². The maximum atomic E-state index is 12.0. The number of thiazole rings is 1. The predicted molar refractivity (Wildman–Crippen MR) is 74.2 cm³/mol. The van der Waals surface area contributed by atoms with Gasteiger partial charge in [0.05, 0.1) is 19.3 Å². The van der Waals surface area contributed by atoms with E-state index in [2.05, 4.69) is 5.73 Å². The molecule has 1 aromatic rings. The van der Waals surface area contributed by atoms with Crippen molar-refractivity contribution in [3.63, 3.8) is 0 Å². The van der Waals surface area contributed by atoms with Gasteiger partial charge < -0.3 is 9.47 Å². The zero-order chi connectivity index (χ0) is 14.3. The Kier molecular flexibility index (Phi) is 6.12. The van der Waals surface area contributed by atoms with E-state index in [1.165, 1.54) is 28.2 Å². The fraction of sp³-hybridized carbons (Fsp3) is 0.462. The van der Waals surface area contributed by atoms with Crippen molar-refractivity contribution in [3.8, 4) is 0 Å². The van der Waals surface area contributed by atoms with Crippen LogP contribution in [0.4, 0.5) is 0 Å². The molecule has 0 fully saturated rings. The third-order valence-corrected chi connectivity index (χ3v) is 3.24. The Balaban J connectivity index is 3.36. The van der Waals surface area contributed by atoms with Gasteiger partial charge in [0.1, 0.15) is 15.5 Å². The molecule has 0 bridgehead atoms. The third-order valence-electron chi connectivity index (χ3n) is 2.20. The number of carbonyl (C=O) groups excluding carboxylic acids is 1. The van der Waals surface area contributed by atoms with Gasteiger partial charge in [-0.05, 0) is 20.8 Å². The van der Waals surface area contributed by atoms with Crippen LogP contribution in [-0.2, 0) is 20.8 Å². The summed E-state index contributed by atoms with van der Waals surface area (Å²) in [6, 6.07) is 0. The SMILES string of the molecule is CCOC=C=c1s/c(=C\C(=O)OCC)n(CC)c1=O. The van der Waals surface area contributed by atoms with Crippen molar-refractivity contribution >= 4 is 29.1 Å². The molecule has 104 valence electrons. The Labute approximate surface area is 115 Å². The van der Waals surface area contributed by atoms with Gasteiger partial charge in [0.2, 0.25) is 0 Å². The van der Waals surface area contributed by atoms with E-state index >= 15 is 0 Å². The van der Waals surface area contributed by atoms with Crippen molar-refractivity contribution in [2.75, 3.05) is 13.2 Å². The van der Waals surface area contributed by atoms with Crippen molar-refractivity contribution < 1.29 is 14.3 Å². The highest BCUT2D eigenvalue weighted by Crippen LogP contribution is 1.83. The minimum Gasteiger partial charge on any atom is -0.493 e. The zero-order valence-corrected chi connectivity index (χ0v) is 12.1. The third kappa shape index (κ3) is 4.12. The first-order valence-electron chi connectivity index (χ1n) is 6.08. The van der Waals surface area contributed by atoms with Crippen LogP contribution in [0.2, 0.25) is 0 Å². The van der Waals surface area contributed by atoms with E-state index in [1.54, 1.807) is 6.92 Å². The summed E-state index contributed by atoms with van der Waals surface area (Å²) in [6.07, 6.45) is 2.69. The zero-order valence-electron chi connectivity index (χ0n) is 11.3. The van der Waals surface area contributed by atoms with Gasteiger partial charge in [-0.1, -0.05) is 5.73 Å². The summed E-state index contributed by atoms with van der Waals surface area (Å²) in [5.74, 6) is -0.453. The number of aromatic nitrogens is 1. The Morgan fingerprint density at radius 1 is 1.37 bits per heavy atom. The van der Waals surface area contributed by atoms with E-state index in [-0.39, 0.29) is 5.56 Å². The maximum Gasteiger partial charge on any atom is 0.333 e. The van der Waals surface area contributed by atoms with E-state index in [0.717, 1.165) is 0 Å². The molecule has 0 aliphatic rings. The van der Waals surface area contributed by atoms with Gasteiger partial charge in [0, 0.05) is 6.54 Å². The predicted octanol–water partition coefficient (Wildman–Crippen LogP) is 0.203. The van der Waals surface area contributed by atoms with Gasteiger partial charge in [-0.15, -0.1) is 11.3 Å². The first-order valence-corrected chi connectivity index (χ1v) is 6.90. The molecule has 19 heavy (non-hydrogen) atoms. The van der Waals surface area contributed by atoms with E-state index < -0.39 is 5.97 Å². The second-order valence-electron chi connectivity index (χ2n) is 3.43. The normalized spacial score (nSPS) is 11.0. The lowest BCUT2D eigenvalue weighted by Gasteiger charge is -1.96. The van der Waals surface area contributed by atoms with E-state index in [9.17, 15) is 9.59 Å². The lowest BCUT2D eigenvalue weighted by Crippen LogP contribution is -2.30. The van der Waals surface area contributed by atoms with Gasteiger partial charge in [0.15, 0.2) is 0 Å². The summed E-state index contributed by atoms with van der Waals surface area (Å²) < 4.78 is 12.3. The van der Waals surface area contributed by atoms with Crippen LogP contribution in [0.25, 0.3) is 11.8 Å². The molecule has 0 aliphatic carbocycles. The van der Waals surface area contributed by atoms with Crippen LogP contribution in [0.3, 0.4) is 0 Å². The van der Waals surface area contributed by atoms with Crippen molar-refractivity contribution in [1.82, 2.24) is 4.57 Å². The Bertz CT molecular complexity index is 635. The highest BCUT2D eigenvalue weighted by atomic mass is 32.1. The number of carbonyl (C=O) groups is 1. The molecule has 5 nitrogen and oxygen atoms in total. The smallest absolute Gasteiger partial charge is 0.333 e. The lowest BCUT2D eigenvalue weighted by atomic mass is 10.6. The number of esters is 1. The van der Waals surface area contributed by atoms with Crippen LogP contribution in [0, 0.1) is 0 Å². The van der Waals surface area contributed by atoms with Gasteiger partial charge in [-0.3, -0.25) is 9.36 Å². The molecule has 0 aromatic carbocycles. The fourth-order valence-electron chi connectivity index (χ4n) is 1.39. The number of nitrogens with zero attached hydrogens (tertiary/aromatic N) is 1. The molecule has 1 aromatic heterocycles. The largest absolute Gasteiger partial charge is 0.493 e. The summed E-state index contributed by atoms with van der Waals surface area (Å²) >= 11 is 1.19. The molecule has 0 aliphatic heterocycles. The number of hydrogen-bond acceptors (Lipinski definition) is 5. The minimum absolute atomic E-state index is 0.181. The van der Waals surface area contributed by atoms with Crippen LogP contribution in [0.15, 0.2) is 11.1 Å². The number of hydrogen-bond donors (Lipinski definition) is 0. The van der Waals surface area contributed by atoms with Crippen molar-refractivity contribution in [2.24, 2.45) is 0 Å². The summed E-state index contributed by atoms with van der Waals surface area (Å²) in [6.45, 7) is 6.72. The van der Waals surface area contributed by atoms with Gasteiger partial charge >= 0.3 is 5.97 Å². The van der Waals surface area contributed by atoms with E-state index in [0.29, 0.717) is 29.0 Å². The second kappa shape index (κ2) is 7.61. The van der Waals surface area contributed by atoms with Crippen molar-refractivity contribution in [3.05, 3.63) is 25.8 Å². The first-order chi connectivity index (χ1) is 9.13. The standard InChI is InChI=1S/C13H17NO4S/c1-4-14-11(9-12(15)18-6-3)19-10(13(14)16)7-8-17-5-2/h8-9H,4-6H2,1-3H3/b11-9-. The molecule has 0 saturated carbocycles. The highest BCUT2D eigenvalue weighted by Gasteiger charge is 2.04. The Morgan fingerprint density at radius 3 is 2.68 bits per heavy atom. The summed E-state index contributed by atoms with van der Waals surface area (Å²) in [7, 11) is 0. The molecule has 0 amide bonds. The molecule has 1 heterocycles. The van der Waals surface area contributed by atoms with Crippen LogP contribution in [0.5, 0.6) is 0 Å². The average molecular weight is 283 g/mol. The average Bonchev–Trinajstić information content (AvgIpc) is 2.66. The number of ether oxygens (including phenoxy) is 2. The summed E-state index contributed by atoms with van der Waals surface area (Å²) in [5.41, 5.74) is 2.60. The molecule has 0 spiro atoms. The fourth-order valence-corrected chi connectivity index (χ4v) is 2.38. The highest BCUT2D eigenvalue weighted by molar-refractivity contribution is 7.07. The van der Waals surface area contributed by atoms with E-state index in [4.69, 9.17) is 9.47 Å². The van der Waals surface area contributed by atoms with Crippen molar-refractivity contribution in [2.45, 2.75) is 27.3 Å². The second-order valence-corrected chi connectivity index (χ2v) is 4.46. The molecule has 0 radical (unpaired) electrons. The van der Waals surface area contributed by atoms with Crippen LogP contribution in [-0.4, -0.2) is 23.8 Å². The lowest BCUT2D eigenvalue weighted by molar-refractivity contribution is -0.135. The molecular weight excluding hydrogens is 266 g/mol. The monoisotopic (exact) mass is 283 g/mol. The maximum absolute atomic E-state index is 12.0. The molecule has 6 heteroatoms.